The summed E-state index contributed by atoms with van der Waals surface area (Å²) >= 11 is 12.0. The number of benzene rings is 1. The summed E-state index contributed by atoms with van der Waals surface area (Å²) in [6, 6.07) is 4.83. The van der Waals surface area contributed by atoms with Crippen molar-refractivity contribution in [3.05, 3.63) is 28.2 Å². The van der Waals surface area contributed by atoms with Crippen LogP contribution < -0.4 is 5.32 Å². The molecule has 1 aliphatic rings. The first-order chi connectivity index (χ1) is 13.0. The number of carbonyl (C=O) groups is 2. The Kier molecular flexibility index (Phi) is 9.34. The van der Waals surface area contributed by atoms with E-state index in [2.05, 4.69) is 5.32 Å². The molecule has 1 heterocycles. The molecule has 1 atom stereocenters. The van der Waals surface area contributed by atoms with Gasteiger partial charge in [0.15, 0.2) is 0 Å². The Morgan fingerprint density at radius 3 is 2.89 bits per heavy atom. The molecule has 1 N–H and O–H groups in total. The molecule has 1 aromatic carbocycles. The summed E-state index contributed by atoms with van der Waals surface area (Å²) in [4.78, 5) is 26.3. The third-order valence-corrected chi connectivity index (χ3v) is 4.74. The quantitative estimate of drug-likeness (QED) is 0.589. The van der Waals surface area contributed by atoms with Crippen LogP contribution in [0.3, 0.4) is 0 Å². The number of ether oxygens (including phenoxy) is 2. The third kappa shape index (κ3) is 7.66. The summed E-state index contributed by atoms with van der Waals surface area (Å²) in [5, 5.41) is 3.57. The van der Waals surface area contributed by atoms with Gasteiger partial charge in [-0.25, -0.2) is 0 Å². The molecule has 0 bridgehead atoms. The number of carbonyl (C=O) groups excluding carboxylic acids is 2. The van der Waals surface area contributed by atoms with Crippen molar-refractivity contribution >= 4 is 40.7 Å². The van der Waals surface area contributed by atoms with Gasteiger partial charge in [0.2, 0.25) is 11.8 Å². The van der Waals surface area contributed by atoms with Crippen molar-refractivity contribution in [2.45, 2.75) is 38.7 Å². The van der Waals surface area contributed by atoms with Crippen LogP contribution in [-0.2, 0) is 19.1 Å². The molecule has 8 heteroatoms. The van der Waals surface area contributed by atoms with Crippen molar-refractivity contribution in [2.75, 3.05) is 38.2 Å². The number of rotatable bonds is 10. The standard InChI is InChI=1S/C19H26Cl2N2O4/c1-2-8-23(19(25)7-10-26-13-15-4-3-9-27-15)12-18(24)22-17-11-14(20)5-6-16(17)21/h5-6,11,15H,2-4,7-10,12-13H2,1H3,(H,22,24). The second-order valence-electron chi connectivity index (χ2n) is 6.45. The number of anilines is 1. The molecule has 0 aliphatic carbocycles. The Morgan fingerprint density at radius 1 is 1.37 bits per heavy atom. The maximum atomic E-state index is 12.4. The Hall–Kier alpha value is -1.34. The summed E-state index contributed by atoms with van der Waals surface area (Å²) < 4.78 is 11.0. The van der Waals surface area contributed by atoms with Crippen molar-refractivity contribution < 1.29 is 19.1 Å². The van der Waals surface area contributed by atoms with Crippen molar-refractivity contribution in [1.29, 1.82) is 0 Å². The van der Waals surface area contributed by atoms with Gasteiger partial charge in [0.25, 0.3) is 0 Å². The van der Waals surface area contributed by atoms with Gasteiger partial charge in [0, 0.05) is 18.2 Å². The summed E-state index contributed by atoms with van der Waals surface area (Å²) in [5.41, 5.74) is 0.429. The minimum absolute atomic E-state index is 0.0404. The monoisotopic (exact) mass is 416 g/mol. The molecule has 150 valence electrons. The Morgan fingerprint density at radius 2 is 2.19 bits per heavy atom. The average Bonchev–Trinajstić information content (AvgIpc) is 3.15. The molecule has 1 unspecified atom stereocenters. The first-order valence-corrected chi connectivity index (χ1v) is 9.97. The molecule has 1 fully saturated rings. The van der Waals surface area contributed by atoms with Crippen LogP contribution in [0, 0.1) is 0 Å². The van der Waals surface area contributed by atoms with E-state index in [1.807, 2.05) is 6.92 Å². The van der Waals surface area contributed by atoms with Gasteiger partial charge in [-0.1, -0.05) is 30.1 Å². The Bertz CT molecular complexity index is 636. The lowest BCUT2D eigenvalue weighted by molar-refractivity contribution is -0.135. The molecule has 2 rings (SSSR count). The van der Waals surface area contributed by atoms with Gasteiger partial charge in [-0.15, -0.1) is 0 Å². The van der Waals surface area contributed by atoms with Crippen molar-refractivity contribution in [3.63, 3.8) is 0 Å². The topological polar surface area (TPSA) is 67.9 Å². The molecule has 0 spiro atoms. The third-order valence-electron chi connectivity index (χ3n) is 4.17. The fraction of sp³-hybridized carbons (Fsp3) is 0.579. The predicted molar refractivity (Wildman–Crippen MR) is 106 cm³/mol. The Labute approximate surface area is 170 Å². The van der Waals surface area contributed by atoms with Gasteiger partial charge in [0.1, 0.15) is 0 Å². The zero-order valence-corrected chi connectivity index (χ0v) is 17.0. The lowest BCUT2D eigenvalue weighted by Gasteiger charge is -2.22. The van der Waals surface area contributed by atoms with Crippen molar-refractivity contribution in [2.24, 2.45) is 0 Å². The first-order valence-electron chi connectivity index (χ1n) is 9.21. The van der Waals surface area contributed by atoms with Crippen LogP contribution in [0.25, 0.3) is 0 Å². The minimum atomic E-state index is -0.318. The minimum Gasteiger partial charge on any atom is -0.378 e. The fourth-order valence-corrected chi connectivity index (χ4v) is 3.16. The van der Waals surface area contributed by atoms with E-state index < -0.39 is 0 Å². The fourth-order valence-electron chi connectivity index (χ4n) is 2.83. The van der Waals surface area contributed by atoms with Gasteiger partial charge in [0.05, 0.1) is 43.0 Å². The van der Waals surface area contributed by atoms with Crippen LogP contribution in [0.15, 0.2) is 18.2 Å². The first kappa shape index (κ1) is 22.0. The van der Waals surface area contributed by atoms with Crippen LogP contribution in [0.2, 0.25) is 10.0 Å². The van der Waals surface area contributed by atoms with Gasteiger partial charge in [-0.05, 0) is 37.5 Å². The maximum Gasteiger partial charge on any atom is 0.244 e. The highest BCUT2D eigenvalue weighted by atomic mass is 35.5. The van der Waals surface area contributed by atoms with Crippen molar-refractivity contribution in [1.82, 2.24) is 4.90 Å². The van der Waals surface area contributed by atoms with E-state index >= 15 is 0 Å². The van der Waals surface area contributed by atoms with E-state index in [-0.39, 0.29) is 30.9 Å². The van der Waals surface area contributed by atoms with E-state index in [9.17, 15) is 9.59 Å². The second kappa shape index (κ2) is 11.5. The van der Waals surface area contributed by atoms with E-state index in [0.717, 1.165) is 25.9 Å². The molecule has 0 saturated carbocycles. The van der Waals surface area contributed by atoms with Crippen LogP contribution >= 0.6 is 23.2 Å². The van der Waals surface area contributed by atoms with Gasteiger partial charge >= 0.3 is 0 Å². The molecule has 0 aromatic heterocycles. The van der Waals surface area contributed by atoms with Gasteiger partial charge in [-0.3, -0.25) is 9.59 Å². The highest BCUT2D eigenvalue weighted by Crippen LogP contribution is 2.25. The maximum absolute atomic E-state index is 12.4. The van der Waals surface area contributed by atoms with Crippen LogP contribution in [0.1, 0.15) is 32.6 Å². The number of amides is 2. The van der Waals surface area contributed by atoms with Gasteiger partial charge < -0.3 is 19.7 Å². The smallest absolute Gasteiger partial charge is 0.244 e. The van der Waals surface area contributed by atoms with Crippen LogP contribution in [0.4, 0.5) is 5.69 Å². The molecule has 1 aliphatic heterocycles. The van der Waals surface area contributed by atoms with E-state index in [0.29, 0.717) is 35.5 Å². The average molecular weight is 417 g/mol. The number of hydrogen-bond acceptors (Lipinski definition) is 4. The highest BCUT2D eigenvalue weighted by Gasteiger charge is 2.19. The predicted octanol–water partition coefficient (Wildman–Crippen LogP) is 3.76. The molecule has 27 heavy (non-hydrogen) atoms. The normalized spacial score (nSPS) is 16.3. The van der Waals surface area contributed by atoms with Crippen LogP contribution in [0.5, 0.6) is 0 Å². The molecule has 2 amide bonds. The summed E-state index contributed by atoms with van der Waals surface area (Å²) in [7, 11) is 0. The number of hydrogen-bond donors (Lipinski definition) is 1. The Balaban J connectivity index is 1.79. The lowest BCUT2D eigenvalue weighted by Crippen LogP contribution is -2.39. The number of halogens is 2. The summed E-state index contributed by atoms with van der Waals surface area (Å²) in [5.74, 6) is -0.433. The van der Waals surface area contributed by atoms with Gasteiger partial charge in [-0.2, -0.15) is 0 Å². The summed E-state index contributed by atoms with van der Waals surface area (Å²) in [6.45, 7) is 4.03. The zero-order chi connectivity index (χ0) is 19.6. The zero-order valence-electron chi connectivity index (χ0n) is 15.5. The largest absolute Gasteiger partial charge is 0.378 e. The molecular formula is C19H26Cl2N2O4. The molecular weight excluding hydrogens is 391 g/mol. The molecule has 0 radical (unpaired) electrons. The molecule has 1 aromatic rings. The SMILES string of the molecule is CCCN(CC(=O)Nc1cc(Cl)ccc1Cl)C(=O)CCOCC1CCCO1. The highest BCUT2D eigenvalue weighted by molar-refractivity contribution is 6.35. The lowest BCUT2D eigenvalue weighted by atomic mass is 10.2. The molecule has 6 nitrogen and oxygen atoms in total. The van der Waals surface area contributed by atoms with E-state index in [1.165, 1.54) is 4.90 Å². The van der Waals surface area contributed by atoms with E-state index in [1.54, 1.807) is 18.2 Å². The van der Waals surface area contributed by atoms with Crippen molar-refractivity contribution in [3.8, 4) is 0 Å². The second-order valence-corrected chi connectivity index (χ2v) is 7.29. The summed E-state index contributed by atoms with van der Waals surface area (Å²) in [6.07, 6.45) is 3.19. The number of nitrogens with one attached hydrogen (secondary N) is 1. The number of nitrogens with zero attached hydrogens (tertiary/aromatic N) is 1. The van der Waals surface area contributed by atoms with Crippen LogP contribution in [-0.4, -0.2) is 55.7 Å². The molecule has 1 saturated heterocycles. The van der Waals surface area contributed by atoms with E-state index in [4.69, 9.17) is 32.7 Å².